The third-order valence-electron chi connectivity index (χ3n) is 6.46. The fourth-order valence-electron chi connectivity index (χ4n) is 4.72. The molecule has 2 aliphatic carbocycles. The quantitative estimate of drug-likeness (QED) is 0.554. The van der Waals surface area contributed by atoms with Gasteiger partial charge in [-0.05, 0) is 67.2 Å². The van der Waals surface area contributed by atoms with Gasteiger partial charge >= 0.3 is 0 Å². The van der Waals surface area contributed by atoms with Gasteiger partial charge in [0.15, 0.2) is 6.29 Å². The van der Waals surface area contributed by atoms with Gasteiger partial charge in [0.05, 0.1) is 17.7 Å². The summed E-state index contributed by atoms with van der Waals surface area (Å²) in [7, 11) is -2.40. The predicted octanol–water partition coefficient (Wildman–Crippen LogP) is 4.18. The van der Waals surface area contributed by atoms with Crippen molar-refractivity contribution in [1.29, 1.82) is 0 Å². The Bertz CT molecular complexity index is 1130. The molecule has 1 heterocycles. The molecule has 0 saturated carbocycles. The molecule has 0 bridgehead atoms. The Morgan fingerprint density at radius 2 is 2.09 bits per heavy atom. The van der Waals surface area contributed by atoms with Crippen molar-refractivity contribution in [2.45, 2.75) is 37.6 Å². The van der Waals surface area contributed by atoms with Crippen LogP contribution in [0.25, 0.3) is 0 Å². The first kappa shape index (κ1) is 24.0. The van der Waals surface area contributed by atoms with E-state index in [1.165, 1.54) is 17.5 Å². The number of benzene rings is 1. The molecule has 4 unspecified atom stereocenters. The van der Waals surface area contributed by atoms with Gasteiger partial charge in [0.25, 0.3) is 10.0 Å². The molecule has 0 radical (unpaired) electrons. The normalized spacial score (nSPS) is 26.9. The Kier molecular flexibility index (Phi) is 7.00. The number of nitrogens with zero attached hydrogens (tertiary/aromatic N) is 1. The van der Waals surface area contributed by atoms with E-state index in [0.717, 1.165) is 5.56 Å². The Morgan fingerprint density at radius 1 is 1.30 bits per heavy atom. The van der Waals surface area contributed by atoms with E-state index in [2.05, 4.69) is 0 Å². The van der Waals surface area contributed by atoms with Crippen LogP contribution in [0.4, 0.5) is 10.1 Å². The van der Waals surface area contributed by atoms with E-state index >= 15 is 0 Å². The maximum atomic E-state index is 14.8. The molecular weight excluding hydrogens is 469 g/mol. The zero-order valence-corrected chi connectivity index (χ0v) is 19.7. The van der Waals surface area contributed by atoms with Crippen molar-refractivity contribution >= 4 is 27.3 Å². The van der Waals surface area contributed by atoms with Crippen molar-refractivity contribution < 1.29 is 27.8 Å². The molecular formula is C24H27ClFNO5S. The van der Waals surface area contributed by atoms with E-state index in [9.17, 15) is 23.0 Å². The minimum absolute atomic E-state index is 0.126. The fourth-order valence-corrected chi connectivity index (χ4v) is 6.64. The fraction of sp³-hybridized carbons (Fsp3) is 0.417. The summed E-state index contributed by atoms with van der Waals surface area (Å²) in [5, 5.41) is 19.1. The zero-order chi connectivity index (χ0) is 23.8. The number of anilines is 1. The lowest BCUT2D eigenvalue weighted by Gasteiger charge is -2.30. The lowest BCUT2D eigenvalue weighted by atomic mass is 9.81. The number of rotatable bonds is 7. The first-order valence-electron chi connectivity index (χ1n) is 10.8. The molecule has 3 aliphatic rings. The second-order valence-corrected chi connectivity index (χ2v) is 10.9. The van der Waals surface area contributed by atoms with Crippen molar-refractivity contribution in [1.82, 2.24) is 0 Å². The summed E-state index contributed by atoms with van der Waals surface area (Å²) in [5.41, 5.74) is 1.31. The summed E-state index contributed by atoms with van der Waals surface area (Å²) in [6, 6.07) is 5.06. The number of ether oxygens (including phenoxy) is 1. The number of halogens is 2. The highest BCUT2D eigenvalue weighted by Crippen LogP contribution is 2.44. The van der Waals surface area contributed by atoms with Gasteiger partial charge in [-0.2, -0.15) is 0 Å². The van der Waals surface area contributed by atoms with E-state index in [4.69, 9.17) is 16.3 Å². The number of hydrogen-bond acceptors (Lipinski definition) is 5. The van der Waals surface area contributed by atoms with Crippen LogP contribution in [0.15, 0.2) is 65.3 Å². The van der Waals surface area contributed by atoms with Crippen LogP contribution in [-0.2, 0) is 14.8 Å². The van der Waals surface area contributed by atoms with Gasteiger partial charge in [0.2, 0.25) is 0 Å². The van der Waals surface area contributed by atoms with E-state index < -0.39 is 28.4 Å². The second-order valence-electron chi connectivity index (χ2n) is 8.53. The Labute approximate surface area is 198 Å². The van der Waals surface area contributed by atoms with Crippen LogP contribution in [0.2, 0.25) is 5.02 Å². The molecule has 1 aliphatic heterocycles. The van der Waals surface area contributed by atoms with Gasteiger partial charge in [0, 0.05) is 23.4 Å². The summed E-state index contributed by atoms with van der Waals surface area (Å²) >= 11 is 6.16. The van der Waals surface area contributed by atoms with Crippen LogP contribution in [0.3, 0.4) is 0 Å². The van der Waals surface area contributed by atoms with Crippen molar-refractivity contribution in [3.05, 3.63) is 75.9 Å². The lowest BCUT2D eigenvalue weighted by Crippen LogP contribution is -2.33. The summed E-state index contributed by atoms with van der Waals surface area (Å²) in [5.74, 6) is -0.552. The molecule has 4 atom stereocenters. The third kappa shape index (κ3) is 4.89. The number of allylic oxidation sites excluding steroid dienone is 7. The predicted molar refractivity (Wildman–Crippen MR) is 126 cm³/mol. The van der Waals surface area contributed by atoms with Gasteiger partial charge < -0.3 is 14.9 Å². The topological polar surface area (TPSA) is 87.1 Å². The van der Waals surface area contributed by atoms with Crippen molar-refractivity contribution in [3.8, 4) is 0 Å². The highest BCUT2D eigenvalue weighted by molar-refractivity contribution is 7.96. The van der Waals surface area contributed by atoms with Crippen LogP contribution < -0.4 is 4.31 Å². The molecule has 0 aromatic heterocycles. The molecule has 0 amide bonds. The van der Waals surface area contributed by atoms with Crippen molar-refractivity contribution in [2.75, 3.05) is 18.0 Å². The van der Waals surface area contributed by atoms with Crippen LogP contribution in [0.5, 0.6) is 0 Å². The Morgan fingerprint density at radius 3 is 2.79 bits per heavy atom. The van der Waals surface area contributed by atoms with Crippen LogP contribution in [0, 0.1) is 11.8 Å². The number of hydrogen-bond donors (Lipinski definition) is 2. The average molecular weight is 496 g/mol. The molecule has 4 rings (SSSR count). The second kappa shape index (κ2) is 9.62. The SMILES string of the molecule is COC1=CC(F)C(C2C=CC=C(S(=O)(=O)N3CC(CCC(O)O)c4cc(Cl)ccc43)C2)C=C1. The largest absolute Gasteiger partial charge is 0.497 e. The monoisotopic (exact) mass is 495 g/mol. The number of methoxy groups -OCH3 is 1. The van der Waals surface area contributed by atoms with E-state index in [-0.39, 0.29) is 36.1 Å². The standard InChI is InChI=1S/C24H27ClFNO5S/c1-32-18-7-8-20(22(26)13-18)15-3-2-4-19(11-15)33(30,31)27-14-16(5-10-24(28)29)21-12-17(25)6-9-23(21)27/h2-4,6-9,12-13,15-16,20,22,24,28-29H,5,10-11,14H2,1H3. The van der Waals surface area contributed by atoms with E-state index in [1.807, 2.05) is 6.08 Å². The molecule has 0 spiro atoms. The number of aliphatic hydroxyl groups is 2. The molecule has 1 aromatic carbocycles. The maximum Gasteiger partial charge on any atom is 0.260 e. The first-order chi connectivity index (χ1) is 15.7. The van der Waals surface area contributed by atoms with Crippen LogP contribution in [0.1, 0.15) is 30.7 Å². The molecule has 2 N–H and O–H groups in total. The Hall–Kier alpha value is -2.13. The average Bonchev–Trinajstić information content (AvgIpc) is 3.16. The minimum atomic E-state index is -3.88. The summed E-state index contributed by atoms with van der Waals surface area (Å²) in [6.45, 7) is 0.186. The number of alkyl halides is 1. The van der Waals surface area contributed by atoms with E-state index in [1.54, 1.807) is 42.5 Å². The first-order valence-corrected chi connectivity index (χ1v) is 12.7. The molecule has 9 heteroatoms. The Balaban J connectivity index is 1.57. The molecule has 0 saturated heterocycles. The molecule has 178 valence electrons. The smallest absolute Gasteiger partial charge is 0.260 e. The minimum Gasteiger partial charge on any atom is -0.497 e. The lowest BCUT2D eigenvalue weighted by molar-refractivity contribution is -0.0471. The van der Waals surface area contributed by atoms with Gasteiger partial charge in [-0.25, -0.2) is 12.8 Å². The van der Waals surface area contributed by atoms with Gasteiger partial charge in [-0.15, -0.1) is 0 Å². The zero-order valence-electron chi connectivity index (χ0n) is 18.1. The number of fused-ring (bicyclic) bond motifs is 1. The number of sulfonamides is 1. The highest BCUT2D eigenvalue weighted by atomic mass is 35.5. The molecule has 6 nitrogen and oxygen atoms in total. The van der Waals surface area contributed by atoms with Crippen LogP contribution in [-0.4, -0.2) is 44.7 Å². The summed E-state index contributed by atoms with van der Waals surface area (Å²) < 4.78 is 48.6. The van der Waals surface area contributed by atoms with Crippen molar-refractivity contribution in [3.63, 3.8) is 0 Å². The van der Waals surface area contributed by atoms with Crippen molar-refractivity contribution in [2.24, 2.45) is 11.8 Å². The molecule has 33 heavy (non-hydrogen) atoms. The molecule has 0 fully saturated rings. The third-order valence-corrected chi connectivity index (χ3v) is 8.59. The van der Waals surface area contributed by atoms with Crippen LogP contribution >= 0.6 is 11.6 Å². The van der Waals surface area contributed by atoms with Gasteiger partial charge in [0.1, 0.15) is 11.9 Å². The molecule has 1 aromatic rings. The number of aliphatic hydroxyl groups excluding tert-OH is 1. The van der Waals surface area contributed by atoms with Gasteiger partial charge in [-0.1, -0.05) is 29.8 Å². The highest BCUT2D eigenvalue weighted by Gasteiger charge is 2.39. The van der Waals surface area contributed by atoms with Gasteiger partial charge in [-0.3, -0.25) is 4.31 Å². The summed E-state index contributed by atoms with van der Waals surface area (Å²) in [6.07, 6.45) is 7.92. The maximum absolute atomic E-state index is 14.8. The summed E-state index contributed by atoms with van der Waals surface area (Å²) in [4.78, 5) is 0.223. The van der Waals surface area contributed by atoms with E-state index in [0.29, 0.717) is 22.9 Å².